The van der Waals surface area contributed by atoms with Crippen LogP contribution in [0.15, 0.2) is 36.4 Å². The third-order valence-corrected chi connectivity index (χ3v) is 8.89. The van der Waals surface area contributed by atoms with Crippen molar-refractivity contribution < 1.29 is 4.79 Å². The fraction of sp³-hybridized carbons (Fsp3) is 0.483. The van der Waals surface area contributed by atoms with Crippen LogP contribution < -0.4 is 10.6 Å². The van der Waals surface area contributed by atoms with Crippen molar-refractivity contribution >= 4 is 22.4 Å². The lowest BCUT2D eigenvalue weighted by molar-refractivity contribution is 0.103. The van der Waals surface area contributed by atoms with Crippen LogP contribution in [-0.2, 0) is 11.8 Å². The van der Waals surface area contributed by atoms with Crippen molar-refractivity contribution in [2.45, 2.75) is 70.9 Å². The van der Waals surface area contributed by atoms with Gasteiger partial charge in [-0.1, -0.05) is 58.2 Å². The second-order valence-corrected chi connectivity index (χ2v) is 11.0. The Kier molecular flexibility index (Phi) is 4.74. The van der Waals surface area contributed by atoms with Gasteiger partial charge in [-0.25, -0.2) is 0 Å². The highest BCUT2D eigenvalue weighted by atomic mass is 16.1. The van der Waals surface area contributed by atoms with Gasteiger partial charge in [0.15, 0.2) is 5.78 Å². The molecule has 3 aliphatic rings. The highest BCUT2D eigenvalue weighted by Gasteiger charge is 2.41. The van der Waals surface area contributed by atoms with E-state index in [1.807, 2.05) is 12.1 Å². The minimum atomic E-state index is -0.285. The monoisotopic (exact) mass is 441 g/mol. The highest BCUT2D eigenvalue weighted by Crippen LogP contribution is 2.47. The first-order chi connectivity index (χ1) is 15.9. The molecule has 2 aliphatic carbocycles. The molecule has 1 aromatic heterocycles. The molecule has 1 saturated carbocycles. The van der Waals surface area contributed by atoms with Crippen molar-refractivity contribution in [3.63, 3.8) is 0 Å². The van der Waals surface area contributed by atoms with E-state index in [4.69, 9.17) is 5.73 Å². The molecule has 0 radical (unpaired) electrons. The molecule has 2 fully saturated rings. The number of aromatic nitrogens is 1. The summed E-state index contributed by atoms with van der Waals surface area (Å²) in [5.41, 5.74) is 13.9. The molecule has 1 saturated heterocycles. The molecule has 0 bridgehead atoms. The van der Waals surface area contributed by atoms with Gasteiger partial charge in [-0.2, -0.15) is 0 Å². The maximum absolute atomic E-state index is 13.8. The van der Waals surface area contributed by atoms with E-state index in [0.717, 1.165) is 64.5 Å². The molecule has 0 amide bonds. The molecule has 1 aliphatic heterocycles. The van der Waals surface area contributed by atoms with Crippen molar-refractivity contribution in [3.8, 4) is 0 Å². The smallest absolute Gasteiger partial charge is 0.195 e. The van der Waals surface area contributed by atoms with Crippen LogP contribution >= 0.6 is 0 Å². The summed E-state index contributed by atoms with van der Waals surface area (Å²) in [4.78, 5) is 19.8. The number of rotatable bonds is 3. The number of carbonyl (C=O) groups is 1. The van der Waals surface area contributed by atoms with Gasteiger partial charge >= 0.3 is 0 Å². The van der Waals surface area contributed by atoms with E-state index < -0.39 is 0 Å². The SMILES string of the molecule is CCc1cc2c(cc1N1CCC(C3CCC3)CC1N)C(C)(C)c1[nH]c3ccccc3c1C2=O. The largest absolute Gasteiger partial charge is 0.357 e. The number of anilines is 1. The molecular weight excluding hydrogens is 406 g/mol. The zero-order chi connectivity index (χ0) is 22.9. The molecule has 2 aromatic carbocycles. The first-order valence-electron chi connectivity index (χ1n) is 12.8. The Labute approximate surface area is 196 Å². The summed E-state index contributed by atoms with van der Waals surface area (Å²) in [5, 5.41) is 1.03. The van der Waals surface area contributed by atoms with Gasteiger partial charge in [0.25, 0.3) is 0 Å². The fourth-order valence-corrected chi connectivity index (χ4v) is 6.67. The van der Waals surface area contributed by atoms with E-state index in [9.17, 15) is 4.79 Å². The van der Waals surface area contributed by atoms with Gasteiger partial charge in [0.05, 0.1) is 11.7 Å². The lowest BCUT2D eigenvalue weighted by atomic mass is 9.70. The quantitative estimate of drug-likeness (QED) is 0.532. The van der Waals surface area contributed by atoms with E-state index in [1.165, 1.54) is 36.9 Å². The van der Waals surface area contributed by atoms with Crippen LogP contribution in [0.2, 0.25) is 0 Å². The number of aromatic amines is 1. The molecule has 4 heteroatoms. The number of nitrogens with zero attached hydrogens (tertiary/aromatic N) is 1. The summed E-state index contributed by atoms with van der Waals surface area (Å²) < 4.78 is 0. The van der Waals surface area contributed by atoms with E-state index in [-0.39, 0.29) is 17.4 Å². The predicted octanol–water partition coefficient (Wildman–Crippen LogP) is 5.90. The fourth-order valence-electron chi connectivity index (χ4n) is 6.67. The summed E-state index contributed by atoms with van der Waals surface area (Å²) in [7, 11) is 0. The summed E-state index contributed by atoms with van der Waals surface area (Å²) in [5.74, 6) is 1.81. The van der Waals surface area contributed by atoms with Crippen molar-refractivity contribution in [1.82, 2.24) is 4.98 Å². The van der Waals surface area contributed by atoms with Gasteiger partial charge in [0.1, 0.15) is 0 Å². The Morgan fingerprint density at radius 2 is 1.91 bits per heavy atom. The predicted molar refractivity (Wildman–Crippen MR) is 135 cm³/mol. The van der Waals surface area contributed by atoms with Crippen LogP contribution in [0.4, 0.5) is 5.69 Å². The number of carbonyl (C=O) groups excluding carboxylic acids is 1. The van der Waals surface area contributed by atoms with E-state index in [0.29, 0.717) is 0 Å². The van der Waals surface area contributed by atoms with Crippen molar-refractivity contribution in [2.75, 3.05) is 11.4 Å². The van der Waals surface area contributed by atoms with Gasteiger partial charge in [0, 0.05) is 39.8 Å². The van der Waals surface area contributed by atoms with Crippen molar-refractivity contribution in [1.29, 1.82) is 0 Å². The zero-order valence-electron chi connectivity index (χ0n) is 20.1. The third kappa shape index (κ3) is 3.03. The first-order valence-corrected chi connectivity index (χ1v) is 12.8. The van der Waals surface area contributed by atoms with Crippen LogP contribution in [0.5, 0.6) is 0 Å². The minimum absolute atomic E-state index is 0.0544. The Balaban J connectivity index is 1.44. The van der Waals surface area contributed by atoms with Crippen molar-refractivity contribution in [3.05, 3.63) is 64.3 Å². The molecule has 2 atom stereocenters. The van der Waals surface area contributed by atoms with Crippen LogP contribution in [0.1, 0.15) is 85.6 Å². The topological polar surface area (TPSA) is 62.1 Å². The summed E-state index contributed by atoms with van der Waals surface area (Å²) in [6.45, 7) is 7.68. The number of benzene rings is 2. The summed E-state index contributed by atoms with van der Waals surface area (Å²) in [6.07, 6.45) is 7.43. The molecule has 2 heterocycles. The van der Waals surface area contributed by atoms with Gasteiger partial charge in [-0.05, 0) is 60.4 Å². The molecule has 6 rings (SSSR count). The van der Waals surface area contributed by atoms with Crippen molar-refractivity contribution in [2.24, 2.45) is 17.6 Å². The van der Waals surface area contributed by atoms with Crippen LogP contribution in [0, 0.1) is 11.8 Å². The molecule has 3 aromatic rings. The molecule has 33 heavy (non-hydrogen) atoms. The maximum Gasteiger partial charge on any atom is 0.195 e. The van der Waals surface area contributed by atoms with Gasteiger partial charge in [-0.15, -0.1) is 0 Å². The number of nitrogens with two attached hydrogens (primary N) is 1. The lowest BCUT2D eigenvalue weighted by Gasteiger charge is -2.45. The van der Waals surface area contributed by atoms with Crippen LogP contribution in [0.25, 0.3) is 10.9 Å². The van der Waals surface area contributed by atoms with Gasteiger partial charge in [-0.3, -0.25) is 4.79 Å². The van der Waals surface area contributed by atoms with Gasteiger partial charge < -0.3 is 15.6 Å². The molecule has 0 spiro atoms. The average molecular weight is 442 g/mol. The normalized spacial score (nSPS) is 24.5. The Bertz CT molecular complexity index is 1250. The van der Waals surface area contributed by atoms with Crippen LogP contribution in [0.3, 0.4) is 0 Å². The molecular formula is C29H35N3O. The first kappa shape index (κ1) is 21.0. The number of ketones is 1. The highest BCUT2D eigenvalue weighted by molar-refractivity contribution is 6.20. The molecule has 3 N–H and O–H groups in total. The number of aryl methyl sites for hydroxylation is 1. The third-order valence-electron chi connectivity index (χ3n) is 8.89. The number of hydrogen-bond donors (Lipinski definition) is 2. The second kappa shape index (κ2) is 7.46. The second-order valence-electron chi connectivity index (χ2n) is 11.0. The lowest BCUT2D eigenvalue weighted by Crippen LogP contribution is -2.50. The molecule has 2 unspecified atom stereocenters. The number of piperidine rings is 1. The number of H-pyrrole nitrogens is 1. The minimum Gasteiger partial charge on any atom is -0.357 e. The van der Waals surface area contributed by atoms with E-state index in [1.54, 1.807) is 0 Å². The Hall–Kier alpha value is -2.59. The summed E-state index contributed by atoms with van der Waals surface area (Å²) in [6, 6.07) is 12.6. The van der Waals surface area contributed by atoms with E-state index >= 15 is 0 Å². The summed E-state index contributed by atoms with van der Waals surface area (Å²) >= 11 is 0. The zero-order valence-corrected chi connectivity index (χ0v) is 20.1. The van der Waals surface area contributed by atoms with E-state index in [2.05, 4.69) is 54.9 Å². The number of fused-ring (bicyclic) bond motifs is 4. The Morgan fingerprint density at radius 1 is 1.12 bits per heavy atom. The van der Waals surface area contributed by atoms with Crippen LogP contribution in [-0.4, -0.2) is 23.5 Å². The average Bonchev–Trinajstić information content (AvgIpc) is 3.17. The number of hydrogen-bond acceptors (Lipinski definition) is 3. The standard InChI is InChI=1S/C29H35N3O/c1-4-17-14-21-22(16-24(17)32-13-12-19(15-25(32)30)18-8-7-9-18)29(2,3)28-26(27(21)33)20-10-5-6-11-23(20)31-28/h5-6,10-11,14,16,18-19,25,31H,4,7-9,12-13,15,30H2,1-3H3. The molecule has 4 nitrogen and oxygen atoms in total. The molecule has 172 valence electrons. The number of nitrogens with one attached hydrogen (secondary N) is 1. The maximum atomic E-state index is 13.8. The number of para-hydroxylation sites is 1. The van der Waals surface area contributed by atoms with Gasteiger partial charge in [0.2, 0.25) is 0 Å². The Morgan fingerprint density at radius 3 is 2.61 bits per heavy atom.